The maximum absolute atomic E-state index is 12.0. The molecule has 0 fully saturated rings. The maximum Gasteiger partial charge on any atom is 0.255 e. The molecule has 0 atom stereocenters. The lowest BCUT2D eigenvalue weighted by Gasteiger charge is -2.07. The predicted octanol–water partition coefficient (Wildman–Crippen LogP) is 3.89. The summed E-state index contributed by atoms with van der Waals surface area (Å²) in [5.74, 6) is -0.145. The Morgan fingerprint density at radius 3 is 2.44 bits per heavy atom. The van der Waals surface area contributed by atoms with Gasteiger partial charge in [0.15, 0.2) is 0 Å². The number of halogens is 2. The summed E-state index contributed by atoms with van der Waals surface area (Å²) < 4.78 is 1.91. The Morgan fingerprint density at radius 1 is 1.17 bits per heavy atom. The Morgan fingerprint density at radius 2 is 1.83 bits per heavy atom. The first-order chi connectivity index (χ1) is 8.56. The standard InChI is InChI=1S/C13H10BrIN2O/c14-11-6-5-10(7-12(11)16)17-13(18)8-1-3-9(15)4-2-8/h1-7H,16H2,(H,17,18). The van der Waals surface area contributed by atoms with Gasteiger partial charge >= 0.3 is 0 Å². The van der Waals surface area contributed by atoms with Crippen LogP contribution in [-0.4, -0.2) is 5.91 Å². The van der Waals surface area contributed by atoms with Gasteiger partial charge in [-0.2, -0.15) is 0 Å². The van der Waals surface area contributed by atoms with E-state index in [2.05, 4.69) is 43.8 Å². The van der Waals surface area contributed by atoms with Crippen molar-refractivity contribution in [1.29, 1.82) is 0 Å². The fourth-order valence-corrected chi connectivity index (χ4v) is 2.03. The highest BCUT2D eigenvalue weighted by Crippen LogP contribution is 2.23. The molecule has 0 spiro atoms. The monoisotopic (exact) mass is 416 g/mol. The van der Waals surface area contributed by atoms with Crippen molar-refractivity contribution in [2.24, 2.45) is 0 Å². The topological polar surface area (TPSA) is 55.1 Å². The summed E-state index contributed by atoms with van der Waals surface area (Å²) in [6.07, 6.45) is 0. The van der Waals surface area contributed by atoms with Gasteiger partial charge in [-0.1, -0.05) is 0 Å². The molecule has 0 aliphatic carbocycles. The van der Waals surface area contributed by atoms with Gasteiger partial charge in [0.05, 0.1) is 0 Å². The summed E-state index contributed by atoms with van der Waals surface area (Å²) in [6.45, 7) is 0. The van der Waals surface area contributed by atoms with Crippen LogP contribution in [0.3, 0.4) is 0 Å². The molecule has 0 heterocycles. The van der Waals surface area contributed by atoms with Crippen molar-refractivity contribution in [3.63, 3.8) is 0 Å². The van der Waals surface area contributed by atoms with Crippen molar-refractivity contribution < 1.29 is 4.79 Å². The van der Waals surface area contributed by atoms with Gasteiger partial charge in [0.1, 0.15) is 0 Å². The van der Waals surface area contributed by atoms with Crippen LogP contribution < -0.4 is 11.1 Å². The van der Waals surface area contributed by atoms with E-state index in [-0.39, 0.29) is 5.91 Å². The zero-order chi connectivity index (χ0) is 13.1. The number of nitrogens with two attached hydrogens (primary N) is 1. The number of nitrogen functional groups attached to an aromatic ring is 1. The Labute approximate surface area is 127 Å². The largest absolute Gasteiger partial charge is 0.398 e. The van der Waals surface area contributed by atoms with Crippen LogP contribution >= 0.6 is 38.5 Å². The number of hydrogen-bond acceptors (Lipinski definition) is 2. The SMILES string of the molecule is Nc1cc(NC(=O)c2ccc(I)cc2)ccc1Br. The Hall–Kier alpha value is -1.08. The molecule has 0 unspecified atom stereocenters. The third-order valence-electron chi connectivity index (χ3n) is 2.36. The molecule has 18 heavy (non-hydrogen) atoms. The smallest absolute Gasteiger partial charge is 0.255 e. The van der Waals surface area contributed by atoms with Crippen molar-refractivity contribution in [1.82, 2.24) is 0 Å². The molecule has 0 bridgehead atoms. The predicted molar refractivity (Wildman–Crippen MR) is 85.7 cm³/mol. The van der Waals surface area contributed by atoms with Crippen molar-refractivity contribution in [3.05, 3.63) is 56.1 Å². The Balaban J connectivity index is 2.16. The van der Waals surface area contributed by atoms with Crippen molar-refractivity contribution >= 4 is 55.8 Å². The summed E-state index contributed by atoms with van der Waals surface area (Å²) >= 11 is 5.51. The second-order valence-electron chi connectivity index (χ2n) is 3.70. The number of amides is 1. The highest BCUT2D eigenvalue weighted by molar-refractivity contribution is 14.1. The summed E-state index contributed by atoms with van der Waals surface area (Å²) in [5.41, 5.74) is 7.65. The number of rotatable bonds is 2. The summed E-state index contributed by atoms with van der Waals surface area (Å²) in [5, 5.41) is 2.80. The normalized spacial score (nSPS) is 10.1. The molecular weight excluding hydrogens is 407 g/mol. The van der Waals surface area contributed by atoms with E-state index in [0.717, 1.165) is 8.04 Å². The Bertz CT molecular complexity index is 584. The molecule has 2 aromatic rings. The summed E-state index contributed by atoms with van der Waals surface area (Å²) in [6, 6.07) is 12.7. The average Bonchev–Trinajstić information content (AvgIpc) is 2.34. The van der Waals surface area contributed by atoms with Crippen LogP contribution in [0, 0.1) is 3.57 Å². The highest BCUT2D eigenvalue weighted by atomic mass is 127. The first kappa shape index (κ1) is 13.4. The molecule has 2 rings (SSSR count). The van der Waals surface area contributed by atoms with Crippen molar-refractivity contribution in [2.75, 3.05) is 11.1 Å². The van der Waals surface area contributed by atoms with Gasteiger partial charge in [0.25, 0.3) is 5.91 Å². The molecule has 0 saturated carbocycles. The van der Waals surface area contributed by atoms with Gasteiger partial charge in [-0.25, -0.2) is 0 Å². The minimum atomic E-state index is -0.145. The molecule has 3 nitrogen and oxygen atoms in total. The first-order valence-corrected chi connectivity index (χ1v) is 7.05. The third-order valence-corrected chi connectivity index (χ3v) is 3.80. The van der Waals surface area contributed by atoms with Crippen LogP contribution in [0.5, 0.6) is 0 Å². The molecule has 0 radical (unpaired) electrons. The zero-order valence-electron chi connectivity index (χ0n) is 9.28. The number of nitrogens with one attached hydrogen (secondary N) is 1. The molecular formula is C13H10BrIN2O. The molecule has 0 aliphatic heterocycles. The van der Waals surface area contributed by atoms with Gasteiger partial charge in [-0.3, -0.25) is 4.79 Å². The summed E-state index contributed by atoms with van der Waals surface area (Å²) in [7, 11) is 0. The van der Waals surface area contributed by atoms with E-state index in [4.69, 9.17) is 5.73 Å². The van der Waals surface area contributed by atoms with E-state index < -0.39 is 0 Å². The number of anilines is 2. The van der Waals surface area contributed by atoms with Crippen LogP contribution in [-0.2, 0) is 0 Å². The molecule has 3 N–H and O–H groups in total. The van der Waals surface area contributed by atoms with Crippen LogP contribution in [0.1, 0.15) is 10.4 Å². The van der Waals surface area contributed by atoms with E-state index in [1.807, 2.05) is 12.1 Å². The van der Waals surface area contributed by atoms with Crippen LogP contribution in [0.25, 0.3) is 0 Å². The lowest BCUT2D eigenvalue weighted by atomic mass is 10.2. The number of benzene rings is 2. The zero-order valence-corrected chi connectivity index (χ0v) is 13.0. The van der Waals surface area contributed by atoms with E-state index in [0.29, 0.717) is 16.9 Å². The maximum atomic E-state index is 12.0. The van der Waals surface area contributed by atoms with Crippen LogP contribution in [0.15, 0.2) is 46.9 Å². The fourth-order valence-electron chi connectivity index (χ4n) is 1.43. The highest BCUT2D eigenvalue weighted by Gasteiger charge is 2.06. The van der Waals surface area contributed by atoms with Crippen LogP contribution in [0.2, 0.25) is 0 Å². The second kappa shape index (κ2) is 5.71. The molecule has 0 aromatic heterocycles. The molecule has 5 heteroatoms. The fraction of sp³-hybridized carbons (Fsp3) is 0. The van der Waals surface area contributed by atoms with Gasteiger partial charge in [0.2, 0.25) is 0 Å². The van der Waals surface area contributed by atoms with Crippen molar-refractivity contribution in [2.45, 2.75) is 0 Å². The second-order valence-corrected chi connectivity index (χ2v) is 5.80. The van der Waals surface area contributed by atoms with E-state index in [9.17, 15) is 4.79 Å². The number of carbonyl (C=O) groups excluding carboxylic acids is 1. The van der Waals surface area contributed by atoms with Gasteiger partial charge < -0.3 is 11.1 Å². The Kier molecular flexibility index (Phi) is 4.23. The molecule has 2 aromatic carbocycles. The lowest BCUT2D eigenvalue weighted by molar-refractivity contribution is 0.102. The molecule has 0 saturated heterocycles. The summed E-state index contributed by atoms with van der Waals surface area (Å²) in [4.78, 5) is 12.0. The van der Waals surface area contributed by atoms with E-state index in [1.54, 1.807) is 30.3 Å². The van der Waals surface area contributed by atoms with Gasteiger partial charge in [0, 0.05) is 25.0 Å². The van der Waals surface area contributed by atoms with E-state index in [1.165, 1.54) is 0 Å². The molecule has 92 valence electrons. The van der Waals surface area contributed by atoms with E-state index >= 15 is 0 Å². The minimum Gasteiger partial charge on any atom is -0.398 e. The first-order valence-electron chi connectivity index (χ1n) is 5.18. The molecule has 0 aliphatic rings. The molecule has 1 amide bonds. The van der Waals surface area contributed by atoms with Gasteiger partial charge in [-0.05, 0) is 81.0 Å². The minimum absolute atomic E-state index is 0.145. The van der Waals surface area contributed by atoms with Crippen LogP contribution in [0.4, 0.5) is 11.4 Å². The van der Waals surface area contributed by atoms with Crippen molar-refractivity contribution in [3.8, 4) is 0 Å². The van der Waals surface area contributed by atoms with Gasteiger partial charge in [-0.15, -0.1) is 0 Å². The number of carbonyl (C=O) groups is 1. The number of hydrogen-bond donors (Lipinski definition) is 2. The average molecular weight is 417 g/mol. The lowest BCUT2D eigenvalue weighted by Crippen LogP contribution is -2.11. The third kappa shape index (κ3) is 3.23. The quantitative estimate of drug-likeness (QED) is 0.576.